The average Bonchev–Trinajstić information content (AvgIpc) is 2.31. The van der Waals surface area contributed by atoms with Crippen molar-refractivity contribution in [1.82, 2.24) is 5.32 Å². The summed E-state index contributed by atoms with van der Waals surface area (Å²) in [6.07, 6.45) is -0.465. The number of benzene rings is 1. The molecule has 0 aromatic heterocycles. The Morgan fingerprint density at radius 3 is 2.53 bits per heavy atom. The summed E-state index contributed by atoms with van der Waals surface area (Å²) >= 11 is 5.82. The molecular weight excluding hydrogens is 272 g/mol. The van der Waals surface area contributed by atoms with E-state index in [-0.39, 0.29) is 5.56 Å². The molecule has 102 valence electrons. The summed E-state index contributed by atoms with van der Waals surface area (Å²) < 4.78 is 0. The van der Waals surface area contributed by atoms with Gasteiger partial charge in [0.05, 0.1) is 6.42 Å². The third kappa shape index (κ3) is 4.26. The molecule has 2 amide bonds. The highest BCUT2D eigenvalue weighted by Gasteiger charge is 2.22. The lowest BCUT2D eigenvalue weighted by molar-refractivity contribution is -0.140. The van der Waals surface area contributed by atoms with Crippen LogP contribution < -0.4 is 11.1 Å². The van der Waals surface area contributed by atoms with Crippen LogP contribution in [-0.4, -0.2) is 28.9 Å². The molecule has 1 aromatic rings. The van der Waals surface area contributed by atoms with Crippen LogP contribution in [0.25, 0.3) is 0 Å². The summed E-state index contributed by atoms with van der Waals surface area (Å²) in [5.41, 5.74) is 5.87. The molecular formula is C12H13ClN2O4. The Labute approximate surface area is 114 Å². The molecule has 0 unspecified atom stereocenters. The highest BCUT2D eigenvalue weighted by molar-refractivity contribution is 6.31. The van der Waals surface area contributed by atoms with Crippen molar-refractivity contribution in [3.63, 3.8) is 0 Å². The fourth-order valence-electron chi connectivity index (χ4n) is 1.43. The molecule has 0 radical (unpaired) electrons. The number of amides is 2. The number of primary amides is 1. The molecule has 0 heterocycles. The van der Waals surface area contributed by atoms with E-state index in [4.69, 9.17) is 22.4 Å². The lowest BCUT2D eigenvalue weighted by Crippen LogP contribution is -2.43. The zero-order valence-electron chi connectivity index (χ0n) is 10.1. The number of rotatable bonds is 5. The van der Waals surface area contributed by atoms with Gasteiger partial charge in [0.2, 0.25) is 5.91 Å². The molecule has 0 aliphatic rings. The van der Waals surface area contributed by atoms with E-state index >= 15 is 0 Å². The largest absolute Gasteiger partial charge is 0.480 e. The van der Waals surface area contributed by atoms with Crippen LogP contribution in [0.1, 0.15) is 22.3 Å². The number of carboxylic acid groups (broad SMARTS) is 1. The van der Waals surface area contributed by atoms with Crippen LogP contribution in [0.4, 0.5) is 0 Å². The molecule has 7 heteroatoms. The third-order valence-electron chi connectivity index (χ3n) is 2.43. The number of nitrogens with one attached hydrogen (secondary N) is 1. The number of aliphatic carboxylic acids is 1. The second-order valence-corrected chi connectivity index (χ2v) is 4.41. The maximum atomic E-state index is 11.8. The van der Waals surface area contributed by atoms with E-state index in [1.165, 1.54) is 18.2 Å². The molecule has 0 aliphatic carbocycles. The monoisotopic (exact) mass is 284 g/mol. The Morgan fingerprint density at radius 1 is 1.42 bits per heavy atom. The highest BCUT2D eigenvalue weighted by atomic mass is 35.5. The van der Waals surface area contributed by atoms with Gasteiger partial charge in [0.25, 0.3) is 5.91 Å². The van der Waals surface area contributed by atoms with E-state index in [2.05, 4.69) is 5.32 Å². The topological polar surface area (TPSA) is 109 Å². The van der Waals surface area contributed by atoms with E-state index in [1.807, 2.05) is 0 Å². The molecule has 0 aliphatic heterocycles. The van der Waals surface area contributed by atoms with Crippen LogP contribution in [0.3, 0.4) is 0 Å². The Hall–Kier alpha value is -2.08. The van der Waals surface area contributed by atoms with Crippen molar-refractivity contribution < 1.29 is 19.5 Å². The van der Waals surface area contributed by atoms with Gasteiger partial charge < -0.3 is 16.2 Å². The van der Waals surface area contributed by atoms with Gasteiger partial charge >= 0.3 is 5.97 Å². The van der Waals surface area contributed by atoms with Crippen molar-refractivity contribution in [3.05, 3.63) is 34.3 Å². The van der Waals surface area contributed by atoms with E-state index in [9.17, 15) is 14.4 Å². The second-order valence-electron chi connectivity index (χ2n) is 4.00. The standard InChI is InChI=1S/C12H13ClN2O4/c1-6-4-7(2-3-8(6)13)11(17)15-9(12(18)19)5-10(14)16/h2-4,9H,5H2,1H3,(H2,14,16)(H,15,17)(H,18,19)/t9-/m0/s1. The van der Waals surface area contributed by atoms with Gasteiger partial charge in [-0.2, -0.15) is 0 Å². The predicted octanol–water partition coefficient (Wildman–Crippen LogP) is 0.707. The fourth-order valence-corrected chi connectivity index (χ4v) is 1.55. The van der Waals surface area contributed by atoms with Crippen molar-refractivity contribution in [2.45, 2.75) is 19.4 Å². The summed E-state index contributed by atoms with van der Waals surface area (Å²) in [6, 6.07) is 3.19. The van der Waals surface area contributed by atoms with Crippen LogP contribution in [0.2, 0.25) is 5.02 Å². The summed E-state index contributed by atoms with van der Waals surface area (Å²) in [5.74, 6) is -2.73. The van der Waals surface area contributed by atoms with E-state index in [0.717, 1.165) is 0 Å². The highest BCUT2D eigenvalue weighted by Crippen LogP contribution is 2.16. The summed E-state index contributed by atoms with van der Waals surface area (Å²) in [6.45, 7) is 1.72. The van der Waals surface area contributed by atoms with Crippen LogP contribution in [0.5, 0.6) is 0 Å². The van der Waals surface area contributed by atoms with E-state index < -0.39 is 30.2 Å². The summed E-state index contributed by atoms with van der Waals surface area (Å²) in [7, 11) is 0. The van der Waals surface area contributed by atoms with Crippen molar-refractivity contribution in [2.24, 2.45) is 5.73 Å². The first-order valence-electron chi connectivity index (χ1n) is 5.39. The number of hydrogen-bond donors (Lipinski definition) is 3. The number of aryl methyl sites for hydroxylation is 1. The minimum absolute atomic E-state index is 0.262. The van der Waals surface area contributed by atoms with Gasteiger partial charge in [0, 0.05) is 10.6 Å². The van der Waals surface area contributed by atoms with Gasteiger partial charge in [-0.25, -0.2) is 4.79 Å². The molecule has 0 saturated carbocycles. The first-order valence-corrected chi connectivity index (χ1v) is 5.77. The third-order valence-corrected chi connectivity index (χ3v) is 2.85. The Balaban J connectivity index is 2.84. The predicted molar refractivity (Wildman–Crippen MR) is 68.9 cm³/mol. The summed E-state index contributed by atoms with van der Waals surface area (Å²) in [4.78, 5) is 33.4. The van der Waals surface area contributed by atoms with Gasteiger partial charge in [-0.3, -0.25) is 9.59 Å². The molecule has 6 nitrogen and oxygen atoms in total. The minimum Gasteiger partial charge on any atom is -0.480 e. The lowest BCUT2D eigenvalue weighted by atomic mass is 10.1. The Morgan fingerprint density at radius 2 is 2.05 bits per heavy atom. The number of halogens is 1. The SMILES string of the molecule is Cc1cc(C(=O)N[C@@H](CC(N)=O)C(=O)O)ccc1Cl. The summed E-state index contributed by atoms with van der Waals surface area (Å²) in [5, 5.41) is 11.6. The van der Waals surface area contributed by atoms with Gasteiger partial charge in [0.1, 0.15) is 6.04 Å². The van der Waals surface area contributed by atoms with Gasteiger partial charge in [0.15, 0.2) is 0 Å². The number of hydrogen-bond acceptors (Lipinski definition) is 3. The average molecular weight is 285 g/mol. The van der Waals surface area contributed by atoms with Crippen molar-refractivity contribution >= 4 is 29.4 Å². The number of carbonyl (C=O) groups is 3. The molecule has 0 saturated heterocycles. The lowest BCUT2D eigenvalue weighted by Gasteiger charge is -2.13. The molecule has 0 fully saturated rings. The van der Waals surface area contributed by atoms with Crippen LogP contribution in [0, 0.1) is 6.92 Å². The quantitative estimate of drug-likeness (QED) is 0.739. The van der Waals surface area contributed by atoms with E-state index in [0.29, 0.717) is 10.6 Å². The molecule has 0 spiro atoms. The second kappa shape index (κ2) is 6.19. The van der Waals surface area contributed by atoms with Crippen LogP contribution in [0.15, 0.2) is 18.2 Å². The minimum atomic E-state index is -1.35. The first kappa shape index (κ1) is 15.0. The molecule has 1 atom stereocenters. The number of carboxylic acids is 1. The maximum absolute atomic E-state index is 11.8. The first-order chi connectivity index (χ1) is 8.81. The Bertz CT molecular complexity index is 530. The maximum Gasteiger partial charge on any atom is 0.326 e. The van der Waals surface area contributed by atoms with Gasteiger partial charge in [-0.05, 0) is 30.7 Å². The zero-order chi connectivity index (χ0) is 14.6. The van der Waals surface area contributed by atoms with Crippen molar-refractivity contribution in [3.8, 4) is 0 Å². The normalized spacial score (nSPS) is 11.7. The van der Waals surface area contributed by atoms with E-state index in [1.54, 1.807) is 6.92 Å². The number of nitrogens with two attached hydrogens (primary N) is 1. The molecule has 19 heavy (non-hydrogen) atoms. The number of carbonyl (C=O) groups excluding carboxylic acids is 2. The van der Waals surface area contributed by atoms with Gasteiger partial charge in [-0.15, -0.1) is 0 Å². The smallest absolute Gasteiger partial charge is 0.326 e. The molecule has 4 N–H and O–H groups in total. The van der Waals surface area contributed by atoms with Crippen molar-refractivity contribution in [2.75, 3.05) is 0 Å². The van der Waals surface area contributed by atoms with Crippen LogP contribution >= 0.6 is 11.6 Å². The van der Waals surface area contributed by atoms with Crippen LogP contribution in [-0.2, 0) is 9.59 Å². The Kier molecular flexibility index (Phi) is 4.88. The zero-order valence-corrected chi connectivity index (χ0v) is 10.9. The van der Waals surface area contributed by atoms with Crippen molar-refractivity contribution in [1.29, 1.82) is 0 Å². The molecule has 0 bridgehead atoms. The van der Waals surface area contributed by atoms with Gasteiger partial charge in [-0.1, -0.05) is 11.6 Å². The molecule has 1 rings (SSSR count). The molecule has 1 aromatic carbocycles. The fraction of sp³-hybridized carbons (Fsp3) is 0.250.